The summed E-state index contributed by atoms with van der Waals surface area (Å²) in [6.45, 7) is 0. The molecule has 0 amide bonds. The molecule has 0 unspecified atom stereocenters. The first kappa shape index (κ1) is 10.8. The van der Waals surface area contributed by atoms with Crippen LogP contribution < -0.4 is 0 Å². The van der Waals surface area contributed by atoms with Crippen LogP contribution in [0.1, 0.15) is 18.4 Å². The number of allylic oxidation sites excluding steroid dienone is 1. The van der Waals surface area contributed by atoms with Crippen molar-refractivity contribution in [3.05, 3.63) is 45.9 Å². The molecule has 0 heterocycles. The maximum atomic E-state index is 5.78. The zero-order valence-corrected chi connectivity index (χ0v) is 9.68. The number of halogens is 2. The van der Waals surface area contributed by atoms with E-state index < -0.39 is 0 Å². The molecule has 0 aliphatic heterocycles. The van der Waals surface area contributed by atoms with Gasteiger partial charge in [-0.2, -0.15) is 0 Å². The summed E-state index contributed by atoms with van der Waals surface area (Å²) in [7, 11) is 0. The maximum Gasteiger partial charge on any atom is 0.0406 e. The number of rotatable bonds is 4. The van der Waals surface area contributed by atoms with Crippen LogP contribution in [0.5, 0.6) is 0 Å². The SMILES string of the molecule is Clc1ccc(CCC/C=C/Br)cc1. The Bertz CT molecular complexity index is 264. The molecule has 70 valence electrons. The van der Waals surface area contributed by atoms with Crippen LogP contribution >= 0.6 is 27.5 Å². The zero-order chi connectivity index (χ0) is 9.52. The number of benzene rings is 1. The molecule has 0 aliphatic carbocycles. The van der Waals surface area contributed by atoms with E-state index in [1.54, 1.807) is 0 Å². The van der Waals surface area contributed by atoms with Gasteiger partial charge in [0.25, 0.3) is 0 Å². The summed E-state index contributed by atoms with van der Waals surface area (Å²) in [5.41, 5.74) is 1.35. The van der Waals surface area contributed by atoms with Crippen molar-refractivity contribution in [3.63, 3.8) is 0 Å². The fraction of sp³-hybridized carbons (Fsp3) is 0.273. The Morgan fingerprint density at radius 3 is 2.54 bits per heavy atom. The van der Waals surface area contributed by atoms with Crippen molar-refractivity contribution in [1.82, 2.24) is 0 Å². The van der Waals surface area contributed by atoms with Crippen LogP contribution in [0.2, 0.25) is 5.02 Å². The predicted molar refractivity (Wildman–Crippen MR) is 62.5 cm³/mol. The van der Waals surface area contributed by atoms with Crippen molar-refractivity contribution in [2.45, 2.75) is 19.3 Å². The van der Waals surface area contributed by atoms with Gasteiger partial charge in [0, 0.05) is 5.02 Å². The van der Waals surface area contributed by atoms with Gasteiger partial charge in [-0.25, -0.2) is 0 Å². The van der Waals surface area contributed by atoms with E-state index in [4.69, 9.17) is 11.6 Å². The first-order valence-electron chi connectivity index (χ1n) is 4.32. The highest BCUT2D eigenvalue weighted by Gasteiger charge is 1.91. The smallest absolute Gasteiger partial charge is 0.0406 e. The Labute approximate surface area is 92.7 Å². The Morgan fingerprint density at radius 2 is 1.92 bits per heavy atom. The van der Waals surface area contributed by atoms with Crippen LogP contribution in [0.4, 0.5) is 0 Å². The molecule has 1 rings (SSSR count). The van der Waals surface area contributed by atoms with Crippen LogP contribution in [-0.2, 0) is 6.42 Å². The van der Waals surface area contributed by atoms with Crippen molar-refractivity contribution in [3.8, 4) is 0 Å². The zero-order valence-electron chi connectivity index (χ0n) is 7.34. The molecule has 0 spiro atoms. The van der Waals surface area contributed by atoms with Crippen LogP contribution in [-0.4, -0.2) is 0 Å². The molecule has 0 bridgehead atoms. The molecule has 13 heavy (non-hydrogen) atoms. The van der Waals surface area contributed by atoms with E-state index >= 15 is 0 Å². The van der Waals surface area contributed by atoms with E-state index in [0.29, 0.717) is 0 Å². The fourth-order valence-corrected chi connectivity index (χ4v) is 1.53. The minimum Gasteiger partial charge on any atom is -0.0843 e. The predicted octanol–water partition coefficient (Wildman–Crippen LogP) is 4.57. The minimum atomic E-state index is 0.809. The molecule has 2 heteroatoms. The number of unbranched alkanes of at least 4 members (excludes halogenated alkanes) is 1. The first-order valence-corrected chi connectivity index (χ1v) is 5.62. The molecule has 1 aromatic rings. The second kappa shape index (κ2) is 6.22. The van der Waals surface area contributed by atoms with E-state index in [1.807, 2.05) is 17.1 Å². The molecule has 0 saturated heterocycles. The van der Waals surface area contributed by atoms with E-state index in [2.05, 4.69) is 34.1 Å². The van der Waals surface area contributed by atoms with Crippen molar-refractivity contribution in [1.29, 1.82) is 0 Å². The van der Waals surface area contributed by atoms with E-state index in [0.717, 1.165) is 17.9 Å². The van der Waals surface area contributed by atoms with E-state index in [-0.39, 0.29) is 0 Å². The summed E-state index contributed by atoms with van der Waals surface area (Å²) >= 11 is 9.03. The number of hydrogen-bond donors (Lipinski definition) is 0. The Kier molecular flexibility index (Phi) is 5.18. The molecule has 0 fully saturated rings. The molecular formula is C11H12BrCl. The summed E-state index contributed by atoms with van der Waals surface area (Å²) < 4.78 is 0. The van der Waals surface area contributed by atoms with Gasteiger partial charge in [-0.3, -0.25) is 0 Å². The van der Waals surface area contributed by atoms with Gasteiger partial charge in [-0.05, 0) is 41.9 Å². The van der Waals surface area contributed by atoms with Gasteiger partial charge in [0.15, 0.2) is 0 Å². The van der Waals surface area contributed by atoms with Crippen LogP contribution in [0, 0.1) is 0 Å². The highest BCUT2D eigenvalue weighted by molar-refractivity contribution is 9.11. The van der Waals surface area contributed by atoms with Crippen molar-refractivity contribution >= 4 is 27.5 Å². The second-order valence-electron chi connectivity index (χ2n) is 2.88. The Hall–Kier alpha value is -0.270. The summed E-state index contributed by atoms with van der Waals surface area (Å²) in [5, 5.41) is 0.809. The summed E-state index contributed by atoms with van der Waals surface area (Å²) in [5.74, 6) is 0. The largest absolute Gasteiger partial charge is 0.0843 e. The molecule has 0 saturated carbocycles. The number of hydrogen-bond acceptors (Lipinski definition) is 0. The van der Waals surface area contributed by atoms with Gasteiger partial charge in [0.1, 0.15) is 0 Å². The monoisotopic (exact) mass is 258 g/mol. The van der Waals surface area contributed by atoms with Gasteiger partial charge < -0.3 is 0 Å². The number of aryl methyl sites for hydroxylation is 1. The molecule has 0 aliphatic rings. The van der Waals surface area contributed by atoms with Gasteiger partial charge in [0.05, 0.1) is 0 Å². The lowest BCUT2D eigenvalue weighted by Crippen LogP contribution is -1.83. The molecule has 1 aromatic carbocycles. The van der Waals surface area contributed by atoms with Gasteiger partial charge in [-0.15, -0.1) is 0 Å². The topological polar surface area (TPSA) is 0 Å². The lowest BCUT2D eigenvalue weighted by atomic mass is 10.1. The quantitative estimate of drug-likeness (QED) is 0.695. The van der Waals surface area contributed by atoms with E-state index in [1.165, 1.54) is 12.0 Å². The summed E-state index contributed by atoms with van der Waals surface area (Å²) in [4.78, 5) is 1.91. The molecule has 0 radical (unpaired) electrons. The lowest BCUT2D eigenvalue weighted by Gasteiger charge is -1.98. The third-order valence-corrected chi connectivity index (χ3v) is 2.46. The van der Waals surface area contributed by atoms with Crippen molar-refractivity contribution < 1.29 is 0 Å². The third kappa shape index (κ3) is 4.49. The molecular weight excluding hydrogens is 247 g/mol. The Morgan fingerprint density at radius 1 is 1.23 bits per heavy atom. The van der Waals surface area contributed by atoms with Crippen LogP contribution in [0.3, 0.4) is 0 Å². The lowest BCUT2D eigenvalue weighted by molar-refractivity contribution is 0.844. The molecule has 0 nitrogen and oxygen atoms in total. The average molecular weight is 260 g/mol. The highest BCUT2D eigenvalue weighted by Crippen LogP contribution is 2.11. The fourth-order valence-electron chi connectivity index (χ4n) is 1.14. The summed E-state index contributed by atoms with van der Waals surface area (Å²) in [6.07, 6.45) is 5.54. The first-order chi connectivity index (χ1) is 6.33. The van der Waals surface area contributed by atoms with Crippen LogP contribution in [0.25, 0.3) is 0 Å². The molecule has 0 atom stereocenters. The Balaban J connectivity index is 2.33. The standard InChI is InChI=1S/C11H12BrCl/c12-9-3-1-2-4-10-5-7-11(13)8-6-10/h3,5-9H,1-2,4H2/b9-3+. The van der Waals surface area contributed by atoms with Gasteiger partial charge in [-0.1, -0.05) is 45.7 Å². The minimum absolute atomic E-state index is 0.809. The molecule has 0 aromatic heterocycles. The summed E-state index contributed by atoms with van der Waals surface area (Å²) in [6, 6.07) is 8.05. The van der Waals surface area contributed by atoms with Crippen LogP contribution in [0.15, 0.2) is 35.3 Å². The second-order valence-corrected chi connectivity index (χ2v) is 3.85. The van der Waals surface area contributed by atoms with Gasteiger partial charge >= 0.3 is 0 Å². The van der Waals surface area contributed by atoms with Crippen molar-refractivity contribution in [2.24, 2.45) is 0 Å². The third-order valence-electron chi connectivity index (χ3n) is 1.84. The molecule has 0 N–H and O–H groups in total. The normalized spacial score (nSPS) is 10.9. The maximum absolute atomic E-state index is 5.78. The average Bonchev–Trinajstić information content (AvgIpc) is 2.15. The van der Waals surface area contributed by atoms with E-state index in [9.17, 15) is 0 Å². The van der Waals surface area contributed by atoms with Crippen molar-refractivity contribution in [2.75, 3.05) is 0 Å². The van der Waals surface area contributed by atoms with Gasteiger partial charge in [0.2, 0.25) is 0 Å². The highest BCUT2D eigenvalue weighted by atomic mass is 79.9.